The first-order valence-electron chi connectivity index (χ1n) is 4.69. The van der Waals surface area contributed by atoms with Crippen LogP contribution in [-0.2, 0) is 9.13 Å². The molecule has 0 aliphatic carbocycles. The van der Waals surface area contributed by atoms with Crippen LogP contribution < -0.4 is 0 Å². The van der Waals surface area contributed by atoms with E-state index < -0.39 is 16.5 Å². The van der Waals surface area contributed by atoms with Crippen LogP contribution in [0.25, 0.3) is 0 Å². The Morgan fingerprint density at radius 2 is 1.38 bits per heavy atom. The van der Waals surface area contributed by atoms with Crippen LogP contribution in [0.4, 0.5) is 0 Å². The molecule has 0 rings (SSSR count). The van der Waals surface area contributed by atoms with Crippen LogP contribution in [0.2, 0.25) is 0 Å². The standard InChI is InChI=1S/C8H16.2HO3P/c1-3-5-7-8-6-4-2;2*1-4(2)3/h3H,1,4-8H2,2H3;2*(H-,1,2,3)/p+2. The van der Waals surface area contributed by atoms with Crippen molar-refractivity contribution in [2.24, 2.45) is 0 Å². The van der Waals surface area contributed by atoms with Gasteiger partial charge in [0.05, 0.1) is 0 Å². The van der Waals surface area contributed by atoms with Gasteiger partial charge < -0.3 is 0 Å². The van der Waals surface area contributed by atoms with Crippen LogP contribution in [-0.4, -0.2) is 19.6 Å². The average Bonchev–Trinajstić information content (AvgIpc) is 2.11. The summed E-state index contributed by atoms with van der Waals surface area (Å²) in [5, 5.41) is 0. The Morgan fingerprint density at radius 3 is 1.62 bits per heavy atom. The molecular weight excluding hydrogens is 254 g/mol. The number of unbranched alkanes of at least 4 members (excludes halogenated alkanes) is 4. The summed E-state index contributed by atoms with van der Waals surface area (Å²) in [5.41, 5.74) is 0. The van der Waals surface area contributed by atoms with E-state index in [9.17, 15) is 0 Å². The van der Waals surface area contributed by atoms with Gasteiger partial charge in [0.15, 0.2) is 0 Å². The van der Waals surface area contributed by atoms with Crippen LogP contribution in [0.15, 0.2) is 12.7 Å². The van der Waals surface area contributed by atoms with E-state index >= 15 is 0 Å². The van der Waals surface area contributed by atoms with Crippen LogP contribution in [0.1, 0.15) is 39.0 Å². The molecule has 0 saturated carbocycles. The summed E-state index contributed by atoms with van der Waals surface area (Å²) in [6.07, 6.45) is 8.61. The smallest absolute Gasteiger partial charge is 0.134 e. The van der Waals surface area contributed by atoms with Gasteiger partial charge in [-0.3, -0.25) is 0 Å². The van der Waals surface area contributed by atoms with Crippen LogP contribution in [0, 0.1) is 0 Å². The maximum Gasteiger partial charge on any atom is 0.692 e. The molecule has 96 valence electrons. The van der Waals surface area contributed by atoms with Gasteiger partial charge >= 0.3 is 16.5 Å². The molecule has 8 heteroatoms. The molecule has 0 unspecified atom stereocenters. The molecule has 6 nitrogen and oxygen atoms in total. The number of allylic oxidation sites excluding steroid dienone is 1. The monoisotopic (exact) mass is 274 g/mol. The van der Waals surface area contributed by atoms with E-state index in [2.05, 4.69) is 13.5 Å². The zero-order valence-electron chi connectivity index (χ0n) is 9.32. The lowest BCUT2D eigenvalue weighted by Gasteiger charge is -1.91. The lowest BCUT2D eigenvalue weighted by atomic mass is 10.2. The highest BCUT2D eigenvalue weighted by atomic mass is 31.1. The molecule has 16 heavy (non-hydrogen) atoms. The molecule has 0 aromatic rings. The molecule has 0 radical (unpaired) electrons. The van der Waals surface area contributed by atoms with Crippen LogP contribution >= 0.6 is 16.5 Å². The predicted octanol–water partition coefficient (Wildman–Crippen LogP) is 2.40. The molecule has 0 atom stereocenters. The highest BCUT2D eigenvalue weighted by Gasteiger charge is 1.93. The second-order valence-electron chi connectivity index (χ2n) is 2.64. The fourth-order valence-electron chi connectivity index (χ4n) is 0.715. The largest absolute Gasteiger partial charge is 0.692 e. The molecule has 0 saturated heterocycles. The molecule has 0 heterocycles. The summed E-state index contributed by atoms with van der Waals surface area (Å²) in [4.78, 5) is 28.5. The van der Waals surface area contributed by atoms with Crippen molar-refractivity contribution in [3.05, 3.63) is 12.7 Å². The summed E-state index contributed by atoms with van der Waals surface area (Å²) in [7, 11) is -5.74. The van der Waals surface area contributed by atoms with Crippen molar-refractivity contribution in [2.75, 3.05) is 0 Å². The summed E-state index contributed by atoms with van der Waals surface area (Å²) in [6.45, 7) is 5.89. The third kappa shape index (κ3) is 98.5. The molecule has 0 spiro atoms. The first-order valence-corrected chi connectivity index (χ1v) is 7.02. The van der Waals surface area contributed by atoms with E-state index in [1.807, 2.05) is 6.08 Å². The molecule has 0 aromatic carbocycles. The average molecular weight is 274 g/mol. The van der Waals surface area contributed by atoms with Gasteiger partial charge in [-0.1, -0.05) is 32.3 Å². The van der Waals surface area contributed by atoms with Gasteiger partial charge in [-0.25, -0.2) is 0 Å². The lowest BCUT2D eigenvalue weighted by molar-refractivity contribution is 0.403. The topological polar surface area (TPSA) is 115 Å². The maximum atomic E-state index is 8.70. The summed E-state index contributed by atoms with van der Waals surface area (Å²) < 4.78 is 17.4. The second kappa shape index (κ2) is 20.2. The minimum Gasteiger partial charge on any atom is -0.134 e. The molecule has 0 amide bonds. The van der Waals surface area contributed by atoms with Crippen molar-refractivity contribution in [1.29, 1.82) is 0 Å². The zero-order chi connectivity index (χ0) is 13.4. The summed E-state index contributed by atoms with van der Waals surface area (Å²) in [5.74, 6) is 0. The second-order valence-corrected chi connectivity index (χ2v) is 3.65. The van der Waals surface area contributed by atoms with Crippen LogP contribution in [0.3, 0.4) is 0 Å². The van der Waals surface area contributed by atoms with Gasteiger partial charge in [0.25, 0.3) is 0 Å². The van der Waals surface area contributed by atoms with Gasteiger partial charge in [-0.15, -0.1) is 26.2 Å². The SMILES string of the molecule is C=CCCCCCC.O=[P+](O)O.O=[P+](O)O. The van der Waals surface area contributed by atoms with Crippen molar-refractivity contribution in [3.63, 3.8) is 0 Å². The third-order valence-electron chi connectivity index (χ3n) is 1.26. The normalized spacial score (nSPS) is 7.81. The first-order chi connectivity index (χ1) is 7.38. The van der Waals surface area contributed by atoms with Crippen molar-refractivity contribution in [2.45, 2.75) is 39.0 Å². The van der Waals surface area contributed by atoms with Crippen molar-refractivity contribution >= 4 is 16.5 Å². The highest BCUT2D eigenvalue weighted by molar-refractivity contribution is 7.31. The quantitative estimate of drug-likeness (QED) is 0.347. The minimum absolute atomic E-state index is 1.19. The van der Waals surface area contributed by atoms with Gasteiger partial charge in [-0.2, -0.15) is 0 Å². The summed E-state index contributed by atoms with van der Waals surface area (Å²) >= 11 is 0. The fraction of sp³-hybridized carbons (Fsp3) is 0.750. The third-order valence-corrected chi connectivity index (χ3v) is 1.26. The Hall–Kier alpha value is -0.220. The van der Waals surface area contributed by atoms with Gasteiger partial charge in [0.2, 0.25) is 0 Å². The Morgan fingerprint density at radius 1 is 1.00 bits per heavy atom. The number of hydrogen-bond donors (Lipinski definition) is 4. The Bertz CT molecular complexity index is 165. The van der Waals surface area contributed by atoms with E-state index in [0.29, 0.717) is 0 Å². The maximum absolute atomic E-state index is 8.70. The highest BCUT2D eigenvalue weighted by Crippen LogP contribution is 2.01. The molecule has 4 N–H and O–H groups in total. The lowest BCUT2D eigenvalue weighted by Crippen LogP contribution is -1.71. The van der Waals surface area contributed by atoms with Crippen molar-refractivity contribution in [3.8, 4) is 0 Å². The molecule has 0 aromatic heterocycles. The van der Waals surface area contributed by atoms with E-state index in [1.165, 1.54) is 32.1 Å². The van der Waals surface area contributed by atoms with Crippen LogP contribution in [0.5, 0.6) is 0 Å². The summed E-state index contributed by atoms with van der Waals surface area (Å²) in [6, 6.07) is 0. The zero-order valence-corrected chi connectivity index (χ0v) is 11.1. The number of hydrogen-bond acceptors (Lipinski definition) is 2. The molecule has 0 aliphatic heterocycles. The molecule has 0 fully saturated rings. The van der Waals surface area contributed by atoms with E-state index in [0.717, 1.165) is 0 Å². The van der Waals surface area contributed by atoms with E-state index in [4.69, 9.17) is 28.7 Å². The van der Waals surface area contributed by atoms with E-state index in [-0.39, 0.29) is 0 Å². The minimum atomic E-state index is -2.87. The molecule has 0 bridgehead atoms. The Balaban J connectivity index is -0.000000179. The van der Waals surface area contributed by atoms with Crippen molar-refractivity contribution in [1.82, 2.24) is 0 Å². The number of rotatable bonds is 5. The van der Waals surface area contributed by atoms with Crippen molar-refractivity contribution < 1.29 is 28.7 Å². The Labute approximate surface area is 97.5 Å². The first kappa shape index (κ1) is 21.1. The fourth-order valence-corrected chi connectivity index (χ4v) is 0.715. The molecular formula is C8H20O6P2+2. The predicted molar refractivity (Wildman–Crippen MR) is 63.0 cm³/mol. The van der Waals surface area contributed by atoms with Gasteiger partial charge in [0, 0.05) is 9.13 Å². The Kier molecular flexibility index (Phi) is 26.7. The van der Waals surface area contributed by atoms with Gasteiger partial charge in [0.1, 0.15) is 0 Å². The van der Waals surface area contributed by atoms with Gasteiger partial charge in [-0.05, 0) is 12.8 Å². The molecule has 0 aliphatic rings. The van der Waals surface area contributed by atoms with E-state index in [1.54, 1.807) is 0 Å².